The molecule has 1 heterocycles. The van der Waals surface area contributed by atoms with Crippen molar-refractivity contribution in [2.45, 2.75) is 24.9 Å². The third-order valence-electron chi connectivity index (χ3n) is 2.87. The van der Waals surface area contributed by atoms with Gasteiger partial charge in [0.25, 0.3) is 0 Å². The van der Waals surface area contributed by atoms with Crippen LogP contribution in [0, 0.1) is 5.92 Å². The Morgan fingerprint density at radius 2 is 2.40 bits per heavy atom. The Balaban J connectivity index is 2.06. The predicted octanol–water partition coefficient (Wildman–Crippen LogP) is 0.145. The normalized spacial score (nSPS) is 20.2. The highest BCUT2D eigenvalue weighted by molar-refractivity contribution is 5.05. The van der Waals surface area contributed by atoms with E-state index < -0.39 is 5.60 Å². The number of hydrogen-bond donors (Lipinski definition) is 1. The third kappa shape index (κ3) is 2.35. The van der Waals surface area contributed by atoms with Gasteiger partial charge in [0.15, 0.2) is 0 Å². The maximum Gasteiger partial charge on any atom is 0.0964 e. The van der Waals surface area contributed by atoms with E-state index in [1.807, 2.05) is 13.2 Å². The molecule has 1 aromatic rings. The first kappa shape index (κ1) is 10.6. The average Bonchev–Trinajstić information content (AvgIpc) is 2.93. The first-order valence-electron chi connectivity index (χ1n) is 5.20. The largest absolute Gasteiger partial charge is 0.387 e. The fraction of sp³-hybridized carbons (Fsp3) is 0.800. The number of ether oxygens (including phenoxy) is 1. The summed E-state index contributed by atoms with van der Waals surface area (Å²) in [6.45, 7) is 0.369. The Bertz CT molecular complexity index is 335. The van der Waals surface area contributed by atoms with Crippen LogP contribution in [-0.4, -0.2) is 39.4 Å². The minimum absolute atomic E-state index is 0.361. The van der Waals surface area contributed by atoms with E-state index in [9.17, 15) is 5.11 Å². The van der Waals surface area contributed by atoms with Gasteiger partial charge in [0, 0.05) is 26.8 Å². The van der Waals surface area contributed by atoms with Crippen molar-refractivity contribution >= 4 is 0 Å². The number of hydrogen-bond acceptors (Lipinski definition) is 4. The predicted molar refractivity (Wildman–Crippen MR) is 54.3 cm³/mol. The third-order valence-corrected chi connectivity index (χ3v) is 2.87. The quantitative estimate of drug-likeness (QED) is 0.753. The summed E-state index contributed by atoms with van der Waals surface area (Å²) >= 11 is 0. The first-order chi connectivity index (χ1) is 7.14. The van der Waals surface area contributed by atoms with E-state index in [1.54, 1.807) is 11.8 Å². The topological polar surface area (TPSA) is 60.2 Å². The standard InChI is InChI=1S/C10H17N3O2/c1-13-6-9(11-12-13)5-10(14,7-15-2)8-3-4-8/h6,8,14H,3-5,7H2,1-2H3. The van der Waals surface area contributed by atoms with E-state index in [-0.39, 0.29) is 0 Å². The number of aliphatic hydroxyl groups is 1. The number of aromatic nitrogens is 3. The molecule has 1 aromatic heterocycles. The molecule has 1 saturated carbocycles. The van der Waals surface area contributed by atoms with Gasteiger partial charge in [-0.3, -0.25) is 4.68 Å². The van der Waals surface area contributed by atoms with Crippen molar-refractivity contribution in [3.63, 3.8) is 0 Å². The molecule has 1 fully saturated rings. The van der Waals surface area contributed by atoms with Crippen molar-refractivity contribution in [1.29, 1.82) is 0 Å². The fourth-order valence-electron chi connectivity index (χ4n) is 1.97. The van der Waals surface area contributed by atoms with Gasteiger partial charge in [0.05, 0.1) is 17.9 Å². The Labute approximate surface area is 89.0 Å². The van der Waals surface area contributed by atoms with Crippen LogP contribution in [0.15, 0.2) is 6.20 Å². The molecular formula is C10H17N3O2. The molecule has 15 heavy (non-hydrogen) atoms. The summed E-state index contributed by atoms with van der Waals surface area (Å²) < 4.78 is 6.73. The molecule has 1 N–H and O–H groups in total. The van der Waals surface area contributed by atoms with Crippen LogP contribution >= 0.6 is 0 Å². The maximum atomic E-state index is 10.4. The van der Waals surface area contributed by atoms with Gasteiger partial charge in [-0.15, -0.1) is 5.10 Å². The summed E-state index contributed by atoms with van der Waals surface area (Å²) in [5, 5.41) is 18.3. The van der Waals surface area contributed by atoms with Crippen LogP contribution in [0.2, 0.25) is 0 Å². The summed E-state index contributed by atoms with van der Waals surface area (Å²) in [5.41, 5.74) is 0.0640. The molecule has 0 aromatic carbocycles. The molecule has 5 heteroatoms. The van der Waals surface area contributed by atoms with Crippen molar-refractivity contribution in [2.24, 2.45) is 13.0 Å². The van der Waals surface area contributed by atoms with Crippen LogP contribution in [0.3, 0.4) is 0 Å². The highest BCUT2D eigenvalue weighted by Crippen LogP contribution is 2.41. The van der Waals surface area contributed by atoms with Crippen molar-refractivity contribution < 1.29 is 9.84 Å². The van der Waals surface area contributed by atoms with Gasteiger partial charge in [-0.25, -0.2) is 0 Å². The Morgan fingerprint density at radius 1 is 1.67 bits per heavy atom. The van der Waals surface area contributed by atoms with E-state index in [4.69, 9.17) is 4.74 Å². The molecule has 1 aliphatic carbocycles. The maximum absolute atomic E-state index is 10.4. The summed E-state index contributed by atoms with van der Waals surface area (Å²) in [5.74, 6) is 0.361. The number of aryl methyl sites for hydroxylation is 1. The van der Waals surface area contributed by atoms with Gasteiger partial charge in [0.1, 0.15) is 0 Å². The van der Waals surface area contributed by atoms with Gasteiger partial charge in [-0.1, -0.05) is 5.21 Å². The van der Waals surface area contributed by atoms with Crippen molar-refractivity contribution in [3.05, 3.63) is 11.9 Å². The van der Waals surface area contributed by atoms with Crippen LogP contribution in [0.4, 0.5) is 0 Å². The molecule has 1 aliphatic rings. The zero-order valence-electron chi connectivity index (χ0n) is 9.18. The molecule has 5 nitrogen and oxygen atoms in total. The molecule has 0 saturated heterocycles. The highest BCUT2D eigenvalue weighted by Gasteiger charge is 2.44. The molecule has 0 spiro atoms. The van der Waals surface area contributed by atoms with Crippen LogP contribution in [0.1, 0.15) is 18.5 Å². The second-order valence-electron chi connectivity index (χ2n) is 4.37. The molecule has 2 rings (SSSR count). The minimum Gasteiger partial charge on any atom is -0.387 e. The summed E-state index contributed by atoms with van der Waals surface area (Å²) in [7, 11) is 3.44. The van der Waals surface area contributed by atoms with Gasteiger partial charge in [-0.2, -0.15) is 0 Å². The van der Waals surface area contributed by atoms with Gasteiger partial charge < -0.3 is 9.84 Å². The average molecular weight is 211 g/mol. The molecule has 84 valence electrons. The molecule has 0 bridgehead atoms. The van der Waals surface area contributed by atoms with Crippen LogP contribution in [0.25, 0.3) is 0 Å². The monoisotopic (exact) mass is 211 g/mol. The van der Waals surface area contributed by atoms with Crippen LogP contribution in [-0.2, 0) is 18.2 Å². The lowest BCUT2D eigenvalue weighted by Gasteiger charge is -2.26. The molecule has 1 atom stereocenters. The van der Waals surface area contributed by atoms with E-state index in [1.165, 1.54) is 0 Å². The second kappa shape index (κ2) is 3.90. The lowest BCUT2D eigenvalue weighted by molar-refractivity contribution is -0.0480. The van der Waals surface area contributed by atoms with Crippen molar-refractivity contribution in [2.75, 3.05) is 13.7 Å². The number of methoxy groups -OCH3 is 1. The summed E-state index contributed by atoms with van der Waals surface area (Å²) in [4.78, 5) is 0. The van der Waals surface area contributed by atoms with Crippen molar-refractivity contribution in [1.82, 2.24) is 15.0 Å². The van der Waals surface area contributed by atoms with Gasteiger partial charge in [0.2, 0.25) is 0 Å². The van der Waals surface area contributed by atoms with Gasteiger partial charge >= 0.3 is 0 Å². The summed E-state index contributed by atoms with van der Waals surface area (Å²) in [6, 6.07) is 0. The first-order valence-corrected chi connectivity index (χ1v) is 5.20. The minimum atomic E-state index is -0.759. The number of rotatable bonds is 5. The fourth-order valence-corrected chi connectivity index (χ4v) is 1.97. The molecule has 1 unspecified atom stereocenters. The van der Waals surface area contributed by atoms with E-state index in [0.29, 0.717) is 18.9 Å². The Morgan fingerprint density at radius 3 is 2.87 bits per heavy atom. The Kier molecular flexibility index (Phi) is 2.75. The van der Waals surface area contributed by atoms with Crippen molar-refractivity contribution in [3.8, 4) is 0 Å². The molecular weight excluding hydrogens is 194 g/mol. The smallest absolute Gasteiger partial charge is 0.0964 e. The van der Waals surface area contributed by atoms with E-state index >= 15 is 0 Å². The lowest BCUT2D eigenvalue weighted by Crippen LogP contribution is -2.39. The second-order valence-corrected chi connectivity index (χ2v) is 4.37. The molecule has 0 radical (unpaired) electrons. The van der Waals surface area contributed by atoms with Crippen LogP contribution in [0.5, 0.6) is 0 Å². The SMILES string of the molecule is COCC(O)(Cc1cn(C)nn1)C1CC1. The molecule has 0 amide bonds. The van der Waals surface area contributed by atoms with E-state index in [2.05, 4.69) is 10.3 Å². The zero-order valence-corrected chi connectivity index (χ0v) is 9.18. The van der Waals surface area contributed by atoms with E-state index in [0.717, 1.165) is 18.5 Å². The molecule has 0 aliphatic heterocycles. The Hall–Kier alpha value is -0.940. The number of nitrogens with zero attached hydrogens (tertiary/aromatic N) is 3. The highest BCUT2D eigenvalue weighted by atomic mass is 16.5. The van der Waals surface area contributed by atoms with Crippen LogP contribution < -0.4 is 0 Å². The zero-order chi connectivity index (χ0) is 10.9. The summed E-state index contributed by atoms with van der Waals surface area (Å²) in [6.07, 6.45) is 4.53. The van der Waals surface area contributed by atoms with Gasteiger partial charge in [-0.05, 0) is 18.8 Å². The lowest BCUT2D eigenvalue weighted by atomic mass is 9.93.